The zero-order valence-electron chi connectivity index (χ0n) is 15.3. The van der Waals surface area contributed by atoms with E-state index in [0.717, 1.165) is 19.3 Å². The van der Waals surface area contributed by atoms with Gasteiger partial charge in [0.2, 0.25) is 5.79 Å². The van der Waals surface area contributed by atoms with Crippen molar-refractivity contribution in [2.45, 2.75) is 98.6 Å². The van der Waals surface area contributed by atoms with Gasteiger partial charge in [-0.15, -0.1) is 0 Å². The monoisotopic (exact) mass is 302 g/mol. The first kappa shape index (κ1) is 18.9. The number of hydrogen-bond acceptors (Lipinski definition) is 4. The molecule has 0 saturated heterocycles. The minimum Gasteiger partial charge on any atom is -0.228 e. The molecule has 21 heavy (non-hydrogen) atoms. The third-order valence-electron chi connectivity index (χ3n) is 3.60. The van der Waals surface area contributed by atoms with E-state index in [-0.39, 0.29) is 22.5 Å². The Kier molecular flexibility index (Phi) is 5.53. The van der Waals surface area contributed by atoms with E-state index in [4.69, 9.17) is 19.6 Å². The smallest absolute Gasteiger partial charge is 0.228 e. The van der Waals surface area contributed by atoms with E-state index >= 15 is 0 Å². The molecular weight excluding hydrogens is 268 g/mol. The Morgan fingerprint density at radius 1 is 0.857 bits per heavy atom. The topological polar surface area (TPSA) is 36.9 Å². The fourth-order valence-corrected chi connectivity index (χ4v) is 2.38. The van der Waals surface area contributed by atoms with Crippen molar-refractivity contribution in [1.29, 1.82) is 0 Å². The van der Waals surface area contributed by atoms with Gasteiger partial charge in [-0.1, -0.05) is 20.8 Å². The molecule has 0 spiro atoms. The molecule has 126 valence electrons. The predicted octanol–water partition coefficient (Wildman–Crippen LogP) is 5.02. The molecule has 1 fully saturated rings. The fraction of sp³-hybridized carbons (Fsp3) is 1.00. The predicted molar refractivity (Wildman–Crippen MR) is 83.4 cm³/mol. The van der Waals surface area contributed by atoms with Gasteiger partial charge in [0.15, 0.2) is 0 Å². The third kappa shape index (κ3) is 6.23. The molecule has 0 N–H and O–H groups in total. The number of hydrogen-bond donors (Lipinski definition) is 0. The van der Waals surface area contributed by atoms with Crippen molar-refractivity contribution in [3.8, 4) is 0 Å². The van der Waals surface area contributed by atoms with Crippen LogP contribution in [0.1, 0.15) is 81.6 Å². The summed E-state index contributed by atoms with van der Waals surface area (Å²) < 4.78 is 0. The molecule has 1 rings (SSSR count). The molecule has 1 unspecified atom stereocenters. The van der Waals surface area contributed by atoms with E-state index in [9.17, 15) is 0 Å². The Labute approximate surface area is 130 Å². The van der Waals surface area contributed by atoms with Gasteiger partial charge in [-0.3, -0.25) is 0 Å². The SMILES string of the molecule is CC1CCC(C)(C)CC1(OOC(C)(C)C)OOC(C)(C)C. The molecular formula is C17H34O4. The van der Waals surface area contributed by atoms with Crippen LogP contribution in [-0.2, 0) is 19.6 Å². The van der Waals surface area contributed by atoms with Crippen LogP contribution in [0.2, 0.25) is 0 Å². The molecule has 4 heteroatoms. The standard InChI is InChI=1S/C17H34O4/c1-13-10-11-16(8,9)12-17(13,20-18-14(2,3)4)21-19-15(5,6)7/h13H,10-12H2,1-9H3. The van der Waals surface area contributed by atoms with Crippen LogP contribution in [0.25, 0.3) is 0 Å². The van der Waals surface area contributed by atoms with Gasteiger partial charge in [0.05, 0.1) is 11.2 Å². The Bertz CT molecular complexity index is 318. The lowest BCUT2D eigenvalue weighted by atomic mass is 9.70. The Morgan fingerprint density at radius 2 is 1.29 bits per heavy atom. The largest absolute Gasteiger partial charge is 0.237 e. The molecule has 0 aromatic rings. The molecule has 0 amide bonds. The fourth-order valence-electron chi connectivity index (χ4n) is 2.38. The van der Waals surface area contributed by atoms with Crippen molar-refractivity contribution in [2.24, 2.45) is 11.3 Å². The van der Waals surface area contributed by atoms with Crippen molar-refractivity contribution in [3.63, 3.8) is 0 Å². The summed E-state index contributed by atoms with van der Waals surface area (Å²) in [5.41, 5.74) is -0.645. The second-order valence-corrected chi connectivity index (χ2v) is 9.15. The zero-order chi connectivity index (χ0) is 16.5. The van der Waals surface area contributed by atoms with Gasteiger partial charge in [0.25, 0.3) is 0 Å². The zero-order valence-corrected chi connectivity index (χ0v) is 15.3. The van der Waals surface area contributed by atoms with Crippen LogP contribution in [0.15, 0.2) is 0 Å². The second-order valence-electron chi connectivity index (χ2n) is 9.15. The molecule has 0 aliphatic heterocycles. The Hall–Kier alpha value is -0.160. The normalized spacial score (nSPS) is 25.9. The highest BCUT2D eigenvalue weighted by Gasteiger charge is 2.50. The van der Waals surface area contributed by atoms with E-state index in [2.05, 4.69) is 20.8 Å². The lowest BCUT2D eigenvalue weighted by Gasteiger charge is -2.47. The highest BCUT2D eigenvalue weighted by Crippen LogP contribution is 2.47. The first-order valence-corrected chi connectivity index (χ1v) is 7.98. The summed E-state index contributed by atoms with van der Waals surface area (Å²) in [6, 6.07) is 0. The summed E-state index contributed by atoms with van der Waals surface area (Å²) in [5, 5.41) is 0. The molecule has 0 radical (unpaired) electrons. The Morgan fingerprint density at radius 3 is 1.67 bits per heavy atom. The second kappa shape index (κ2) is 6.15. The van der Waals surface area contributed by atoms with Crippen molar-refractivity contribution < 1.29 is 19.6 Å². The maximum Gasteiger partial charge on any atom is 0.237 e. The average molecular weight is 302 g/mol. The molecule has 4 nitrogen and oxygen atoms in total. The molecule has 0 aromatic carbocycles. The first-order chi connectivity index (χ1) is 9.25. The van der Waals surface area contributed by atoms with Gasteiger partial charge in [-0.05, 0) is 59.8 Å². The molecule has 1 aliphatic carbocycles. The highest BCUT2D eigenvalue weighted by molar-refractivity contribution is 4.89. The minimum absolute atomic E-state index is 0.134. The van der Waals surface area contributed by atoms with Crippen molar-refractivity contribution >= 4 is 0 Å². The molecule has 0 aromatic heterocycles. The third-order valence-corrected chi connectivity index (χ3v) is 3.60. The summed E-state index contributed by atoms with van der Waals surface area (Å²) >= 11 is 0. The lowest BCUT2D eigenvalue weighted by molar-refractivity contribution is -0.558. The van der Waals surface area contributed by atoms with E-state index in [1.54, 1.807) is 0 Å². The van der Waals surface area contributed by atoms with Crippen molar-refractivity contribution in [2.75, 3.05) is 0 Å². The molecule has 0 heterocycles. The van der Waals surface area contributed by atoms with Gasteiger partial charge in [0, 0.05) is 12.3 Å². The van der Waals surface area contributed by atoms with Gasteiger partial charge < -0.3 is 0 Å². The van der Waals surface area contributed by atoms with Crippen LogP contribution in [0.5, 0.6) is 0 Å². The highest BCUT2D eigenvalue weighted by atomic mass is 17.3. The van der Waals surface area contributed by atoms with Crippen LogP contribution in [0.4, 0.5) is 0 Å². The van der Waals surface area contributed by atoms with E-state index in [1.807, 2.05) is 41.5 Å². The molecule has 0 bridgehead atoms. The minimum atomic E-state index is -0.859. The summed E-state index contributed by atoms with van der Waals surface area (Å²) in [7, 11) is 0. The summed E-state index contributed by atoms with van der Waals surface area (Å²) in [6.45, 7) is 18.4. The van der Waals surface area contributed by atoms with Gasteiger partial charge in [-0.25, -0.2) is 9.78 Å². The van der Waals surface area contributed by atoms with Crippen LogP contribution < -0.4 is 0 Å². The van der Waals surface area contributed by atoms with E-state index in [0.29, 0.717) is 0 Å². The Balaban J connectivity index is 2.91. The van der Waals surface area contributed by atoms with E-state index < -0.39 is 5.79 Å². The summed E-state index contributed by atoms with van der Waals surface area (Å²) in [4.78, 5) is 22.9. The molecule has 1 atom stereocenters. The van der Waals surface area contributed by atoms with Crippen LogP contribution in [0, 0.1) is 11.3 Å². The van der Waals surface area contributed by atoms with Gasteiger partial charge >= 0.3 is 0 Å². The number of rotatable bonds is 4. The summed E-state index contributed by atoms with van der Waals surface area (Å²) in [6.07, 6.45) is 2.91. The maximum atomic E-state index is 5.83. The van der Waals surface area contributed by atoms with Crippen molar-refractivity contribution in [1.82, 2.24) is 0 Å². The van der Waals surface area contributed by atoms with E-state index in [1.165, 1.54) is 0 Å². The summed E-state index contributed by atoms with van der Waals surface area (Å²) in [5.74, 6) is -0.655. The van der Waals surface area contributed by atoms with Gasteiger partial charge in [0.1, 0.15) is 0 Å². The lowest BCUT2D eigenvalue weighted by Crippen LogP contribution is -2.51. The molecule has 1 aliphatic rings. The van der Waals surface area contributed by atoms with Crippen LogP contribution in [0.3, 0.4) is 0 Å². The van der Waals surface area contributed by atoms with Crippen LogP contribution in [-0.4, -0.2) is 17.0 Å². The quantitative estimate of drug-likeness (QED) is 0.415. The van der Waals surface area contributed by atoms with Gasteiger partial charge in [-0.2, -0.15) is 9.78 Å². The van der Waals surface area contributed by atoms with Crippen molar-refractivity contribution in [3.05, 3.63) is 0 Å². The molecule has 1 saturated carbocycles. The first-order valence-electron chi connectivity index (χ1n) is 7.98. The average Bonchev–Trinajstić information content (AvgIpc) is 2.26. The van der Waals surface area contributed by atoms with Crippen LogP contribution >= 0.6 is 0 Å². The maximum absolute atomic E-state index is 5.83.